The summed E-state index contributed by atoms with van der Waals surface area (Å²) in [4.78, 5) is 32.5. The number of oxime groups is 1. The van der Waals surface area contributed by atoms with Crippen LogP contribution in [0, 0.1) is 0 Å². The number of carbonyl (C=O) groups is 2. The van der Waals surface area contributed by atoms with Gasteiger partial charge in [-0.25, -0.2) is 0 Å². The molecule has 1 aliphatic carbocycles. The molecule has 1 aromatic carbocycles. The molecule has 2 aliphatic heterocycles. The third kappa shape index (κ3) is 3.83. The molecule has 1 saturated carbocycles. The van der Waals surface area contributed by atoms with Crippen molar-refractivity contribution in [3.05, 3.63) is 30.3 Å². The molecule has 1 atom stereocenters. The molecule has 0 aromatic heterocycles. The molecule has 2 N–H and O–H groups in total. The second-order valence-electron chi connectivity index (χ2n) is 7.98. The summed E-state index contributed by atoms with van der Waals surface area (Å²) < 4.78 is 0. The van der Waals surface area contributed by atoms with E-state index in [9.17, 15) is 14.7 Å². The molecule has 144 valence electrons. The monoisotopic (exact) mass is 371 g/mol. The van der Waals surface area contributed by atoms with Crippen LogP contribution in [0.2, 0.25) is 0 Å². The van der Waals surface area contributed by atoms with E-state index in [2.05, 4.69) is 10.5 Å². The van der Waals surface area contributed by atoms with Gasteiger partial charge in [0.2, 0.25) is 5.91 Å². The number of aliphatic hydroxyl groups is 1. The summed E-state index contributed by atoms with van der Waals surface area (Å²) in [6.07, 6.45) is 4.48. The van der Waals surface area contributed by atoms with Crippen molar-refractivity contribution < 1.29 is 19.5 Å². The van der Waals surface area contributed by atoms with Gasteiger partial charge in [0, 0.05) is 18.7 Å². The number of hydrogen-bond acceptors (Lipinski definition) is 5. The minimum atomic E-state index is -0.824. The summed E-state index contributed by atoms with van der Waals surface area (Å²) in [5, 5.41) is 17.1. The number of rotatable bonds is 4. The zero-order valence-corrected chi connectivity index (χ0v) is 15.3. The first kappa shape index (κ1) is 18.0. The molecule has 7 heteroatoms. The Balaban J connectivity index is 1.35. The van der Waals surface area contributed by atoms with Crippen molar-refractivity contribution in [2.75, 3.05) is 18.4 Å². The number of likely N-dealkylation sites (tertiary alicyclic amines) is 1. The van der Waals surface area contributed by atoms with E-state index < -0.39 is 11.2 Å². The highest BCUT2D eigenvalue weighted by atomic mass is 16.7. The smallest absolute Gasteiger partial charge is 0.273 e. The van der Waals surface area contributed by atoms with Crippen LogP contribution in [0.5, 0.6) is 0 Å². The average Bonchev–Trinajstić information content (AvgIpc) is 3.04. The third-order valence-electron chi connectivity index (χ3n) is 5.79. The lowest BCUT2D eigenvalue weighted by Crippen LogP contribution is -2.53. The summed E-state index contributed by atoms with van der Waals surface area (Å²) in [5.41, 5.74) is -0.388. The largest absolute Gasteiger partial charge is 0.389 e. The molecule has 0 bridgehead atoms. The molecule has 0 radical (unpaired) electrons. The summed E-state index contributed by atoms with van der Waals surface area (Å²) in [7, 11) is 0. The van der Waals surface area contributed by atoms with Gasteiger partial charge in [0.05, 0.1) is 18.6 Å². The van der Waals surface area contributed by atoms with Crippen LogP contribution in [0.25, 0.3) is 0 Å². The van der Waals surface area contributed by atoms with Gasteiger partial charge < -0.3 is 20.2 Å². The normalized spacial score (nSPS) is 26.1. The molecular weight excluding hydrogens is 346 g/mol. The first-order valence-electron chi connectivity index (χ1n) is 9.59. The van der Waals surface area contributed by atoms with Crippen molar-refractivity contribution >= 4 is 23.2 Å². The Bertz CT molecular complexity index is 760. The molecule has 1 aromatic rings. The number of amides is 2. The van der Waals surface area contributed by atoms with Gasteiger partial charge in [0.1, 0.15) is 5.71 Å². The molecule has 1 unspecified atom stereocenters. The summed E-state index contributed by atoms with van der Waals surface area (Å²) in [5.74, 6) is -0.313. The maximum atomic E-state index is 12.6. The molecule has 27 heavy (non-hydrogen) atoms. The van der Waals surface area contributed by atoms with Crippen LogP contribution in [0.3, 0.4) is 0 Å². The number of carbonyl (C=O) groups excluding carboxylic acids is 2. The third-order valence-corrected chi connectivity index (χ3v) is 5.79. The van der Waals surface area contributed by atoms with E-state index in [1.54, 1.807) is 4.90 Å². The highest BCUT2D eigenvalue weighted by Crippen LogP contribution is 2.37. The standard InChI is InChI=1S/C20H25N3O4/c24-17(13-19(26)8-4-9-19)23-11-5-10-20(14-23)12-16(22-27-20)18(25)21-15-6-2-1-3-7-15/h1-3,6-7,26H,4-5,8-14H2,(H,21,25). The van der Waals surface area contributed by atoms with Crippen molar-refractivity contribution in [1.82, 2.24) is 4.90 Å². The minimum absolute atomic E-state index is 0.0398. The summed E-state index contributed by atoms with van der Waals surface area (Å²) >= 11 is 0. The van der Waals surface area contributed by atoms with E-state index in [1.807, 2.05) is 30.3 Å². The first-order valence-corrected chi connectivity index (χ1v) is 9.59. The Hall–Kier alpha value is -2.41. The molecular formula is C20H25N3O4. The van der Waals surface area contributed by atoms with Gasteiger partial charge in [0.15, 0.2) is 5.60 Å². The number of nitrogens with zero attached hydrogens (tertiary/aromatic N) is 2. The van der Waals surface area contributed by atoms with Crippen molar-refractivity contribution in [2.45, 2.75) is 56.1 Å². The molecule has 2 heterocycles. The lowest BCUT2D eigenvalue weighted by molar-refractivity contribution is -0.149. The van der Waals surface area contributed by atoms with Crippen molar-refractivity contribution in [2.24, 2.45) is 5.16 Å². The predicted octanol–water partition coefficient (Wildman–Crippen LogP) is 2.07. The maximum absolute atomic E-state index is 12.6. The maximum Gasteiger partial charge on any atom is 0.273 e. The van der Waals surface area contributed by atoms with E-state index in [4.69, 9.17) is 4.84 Å². The molecule has 1 spiro atoms. The lowest BCUT2D eigenvalue weighted by Gasteiger charge is -2.41. The number of hydrogen-bond donors (Lipinski definition) is 2. The molecule has 3 aliphatic rings. The van der Waals surface area contributed by atoms with Crippen molar-refractivity contribution in [1.29, 1.82) is 0 Å². The lowest BCUT2D eigenvalue weighted by atomic mass is 9.77. The van der Waals surface area contributed by atoms with E-state index in [0.717, 1.165) is 19.3 Å². The van der Waals surface area contributed by atoms with E-state index in [0.29, 0.717) is 43.8 Å². The van der Waals surface area contributed by atoms with Crippen LogP contribution < -0.4 is 5.32 Å². The summed E-state index contributed by atoms with van der Waals surface area (Å²) in [6.45, 7) is 1.07. The van der Waals surface area contributed by atoms with Crippen LogP contribution in [0.4, 0.5) is 5.69 Å². The summed E-state index contributed by atoms with van der Waals surface area (Å²) in [6, 6.07) is 9.22. The number of para-hydroxylation sites is 1. The highest BCUT2D eigenvalue weighted by molar-refractivity contribution is 6.43. The first-order chi connectivity index (χ1) is 13.0. The Kier molecular flexibility index (Phi) is 4.63. The van der Waals surface area contributed by atoms with Gasteiger partial charge in [-0.2, -0.15) is 0 Å². The van der Waals surface area contributed by atoms with E-state index in [-0.39, 0.29) is 18.2 Å². The van der Waals surface area contributed by atoms with Crippen LogP contribution >= 0.6 is 0 Å². The fraction of sp³-hybridized carbons (Fsp3) is 0.550. The van der Waals surface area contributed by atoms with Crippen LogP contribution in [-0.2, 0) is 14.4 Å². The van der Waals surface area contributed by atoms with Gasteiger partial charge >= 0.3 is 0 Å². The van der Waals surface area contributed by atoms with Crippen molar-refractivity contribution in [3.63, 3.8) is 0 Å². The van der Waals surface area contributed by atoms with Crippen LogP contribution in [0.1, 0.15) is 44.9 Å². The number of piperidine rings is 1. The molecule has 7 nitrogen and oxygen atoms in total. The SMILES string of the molecule is O=C(Nc1ccccc1)C1=NOC2(CCCN(C(=O)CC3(O)CCC3)C2)C1. The van der Waals surface area contributed by atoms with Gasteiger partial charge in [-0.15, -0.1) is 0 Å². The molecule has 2 fully saturated rings. The Morgan fingerprint density at radius 3 is 2.67 bits per heavy atom. The number of benzene rings is 1. The van der Waals surface area contributed by atoms with Crippen molar-refractivity contribution in [3.8, 4) is 0 Å². The molecule has 2 amide bonds. The zero-order chi connectivity index (χ0) is 18.9. The van der Waals surface area contributed by atoms with Gasteiger partial charge in [0.25, 0.3) is 5.91 Å². The van der Waals surface area contributed by atoms with Gasteiger partial charge in [-0.1, -0.05) is 23.4 Å². The van der Waals surface area contributed by atoms with Crippen LogP contribution in [-0.4, -0.2) is 51.8 Å². The van der Waals surface area contributed by atoms with Gasteiger partial charge in [-0.05, 0) is 44.2 Å². The Morgan fingerprint density at radius 1 is 1.19 bits per heavy atom. The fourth-order valence-electron chi connectivity index (χ4n) is 4.05. The molecule has 1 saturated heterocycles. The highest BCUT2D eigenvalue weighted by Gasteiger charge is 2.46. The number of anilines is 1. The minimum Gasteiger partial charge on any atom is -0.389 e. The zero-order valence-electron chi connectivity index (χ0n) is 15.3. The van der Waals surface area contributed by atoms with E-state index in [1.165, 1.54) is 0 Å². The number of nitrogens with one attached hydrogen (secondary N) is 1. The Morgan fingerprint density at radius 2 is 1.96 bits per heavy atom. The van der Waals surface area contributed by atoms with Gasteiger partial charge in [-0.3, -0.25) is 9.59 Å². The fourth-order valence-corrected chi connectivity index (χ4v) is 4.05. The molecule has 4 rings (SSSR count). The second-order valence-corrected chi connectivity index (χ2v) is 7.98. The van der Waals surface area contributed by atoms with E-state index >= 15 is 0 Å². The predicted molar refractivity (Wildman–Crippen MR) is 100 cm³/mol. The quantitative estimate of drug-likeness (QED) is 0.848. The Labute approximate surface area is 158 Å². The topological polar surface area (TPSA) is 91.2 Å². The van der Waals surface area contributed by atoms with Crippen LogP contribution in [0.15, 0.2) is 35.5 Å². The average molecular weight is 371 g/mol. The second kappa shape index (κ2) is 6.96.